The van der Waals surface area contributed by atoms with Crippen LogP contribution in [-0.4, -0.2) is 47.1 Å². The van der Waals surface area contributed by atoms with Crippen molar-refractivity contribution in [1.29, 1.82) is 0 Å². The van der Waals surface area contributed by atoms with Crippen LogP contribution < -0.4 is 0 Å². The Morgan fingerprint density at radius 3 is 2.87 bits per heavy atom. The largest absolute Gasteiger partial charge is 0.465 e. The van der Waals surface area contributed by atoms with Gasteiger partial charge in [-0.25, -0.2) is 0 Å². The minimum absolute atomic E-state index is 0.174. The number of ether oxygens (including phenoxy) is 1. The van der Waals surface area contributed by atoms with E-state index in [-0.39, 0.29) is 18.3 Å². The van der Waals surface area contributed by atoms with Crippen LogP contribution in [-0.2, 0) is 22.4 Å². The minimum Gasteiger partial charge on any atom is -0.465 e. The normalized spacial score (nSPS) is 20.6. The molecule has 2 N–H and O–H groups in total. The first-order valence-corrected chi connectivity index (χ1v) is 10.9. The lowest BCUT2D eigenvalue weighted by Gasteiger charge is -2.39. The molecule has 4 aromatic rings. The second kappa shape index (κ2) is 7.13. The van der Waals surface area contributed by atoms with E-state index in [1.807, 2.05) is 30.5 Å². The van der Waals surface area contributed by atoms with Crippen molar-refractivity contribution in [2.45, 2.75) is 18.9 Å². The maximum Gasteiger partial charge on any atom is 0.310 e. The summed E-state index contributed by atoms with van der Waals surface area (Å²) in [5.41, 5.74) is 7.30. The molecule has 2 unspecified atom stereocenters. The van der Waals surface area contributed by atoms with Crippen LogP contribution in [0.4, 0.5) is 0 Å². The Labute approximate surface area is 180 Å². The van der Waals surface area contributed by atoms with Crippen molar-refractivity contribution in [3.8, 4) is 0 Å². The van der Waals surface area contributed by atoms with Gasteiger partial charge in [-0.1, -0.05) is 36.4 Å². The van der Waals surface area contributed by atoms with E-state index in [0.29, 0.717) is 12.6 Å². The molecule has 5 nitrogen and oxygen atoms in total. The van der Waals surface area contributed by atoms with Gasteiger partial charge in [0.25, 0.3) is 0 Å². The smallest absolute Gasteiger partial charge is 0.310 e. The van der Waals surface area contributed by atoms with E-state index in [1.54, 1.807) is 0 Å². The second-order valence-corrected chi connectivity index (χ2v) is 8.80. The maximum atomic E-state index is 12.6. The molecule has 2 aromatic carbocycles. The van der Waals surface area contributed by atoms with Crippen LogP contribution in [0.25, 0.3) is 27.4 Å². The number of H-pyrrole nitrogens is 2. The fourth-order valence-electron chi connectivity index (χ4n) is 5.34. The summed E-state index contributed by atoms with van der Waals surface area (Å²) in [6.45, 7) is 1.31. The fraction of sp³-hybridized carbons (Fsp3) is 0.269. The summed E-state index contributed by atoms with van der Waals surface area (Å²) < 4.78 is 5.73. The molecule has 0 radical (unpaired) electrons. The van der Waals surface area contributed by atoms with Gasteiger partial charge in [0, 0.05) is 52.7 Å². The molecule has 6 rings (SSSR count). The Balaban J connectivity index is 1.20. The predicted octanol–water partition coefficient (Wildman–Crippen LogP) is 4.30. The Bertz CT molecular complexity index is 1330. The molecular weight excluding hydrogens is 386 g/mol. The zero-order valence-corrected chi connectivity index (χ0v) is 17.5. The number of benzene rings is 2. The summed E-state index contributed by atoms with van der Waals surface area (Å²) in [6.07, 6.45) is 7.71. The summed E-state index contributed by atoms with van der Waals surface area (Å²) in [7, 11) is 2.18. The van der Waals surface area contributed by atoms with Gasteiger partial charge in [0.2, 0.25) is 0 Å². The average Bonchev–Trinajstić information content (AvgIpc) is 3.39. The number of likely N-dealkylation sites (N-methyl/N-ethyl adjacent to an activating group) is 1. The van der Waals surface area contributed by atoms with E-state index in [0.717, 1.165) is 29.4 Å². The van der Waals surface area contributed by atoms with Crippen molar-refractivity contribution < 1.29 is 9.53 Å². The zero-order chi connectivity index (χ0) is 20.9. The van der Waals surface area contributed by atoms with E-state index in [1.165, 1.54) is 27.6 Å². The van der Waals surface area contributed by atoms with Gasteiger partial charge in [-0.15, -0.1) is 0 Å². The van der Waals surface area contributed by atoms with Crippen LogP contribution in [0.5, 0.6) is 0 Å². The molecule has 0 amide bonds. The van der Waals surface area contributed by atoms with Crippen LogP contribution in [0, 0.1) is 5.92 Å². The third-order valence-corrected chi connectivity index (χ3v) is 6.81. The van der Waals surface area contributed by atoms with Gasteiger partial charge in [0.1, 0.15) is 0 Å². The lowest BCUT2D eigenvalue weighted by atomic mass is 9.80. The third-order valence-electron chi connectivity index (χ3n) is 6.81. The Morgan fingerprint density at radius 2 is 1.94 bits per heavy atom. The summed E-state index contributed by atoms with van der Waals surface area (Å²) in [5, 5.41) is 2.43. The number of para-hydroxylation sites is 1. The molecule has 1 aliphatic carbocycles. The van der Waals surface area contributed by atoms with Crippen molar-refractivity contribution in [1.82, 2.24) is 14.9 Å². The maximum absolute atomic E-state index is 12.6. The number of hydrogen-bond acceptors (Lipinski definition) is 3. The molecule has 31 heavy (non-hydrogen) atoms. The molecular formula is C26H25N3O2. The molecule has 156 valence electrons. The summed E-state index contributed by atoms with van der Waals surface area (Å²) in [6, 6.07) is 14.9. The summed E-state index contributed by atoms with van der Waals surface area (Å²) in [5.74, 6) is 0.0190. The number of rotatable bonds is 4. The number of carbonyl (C=O) groups is 1. The van der Waals surface area contributed by atoms with E-state index in [2.05, 4.69) is 52.4 Å². The van der Waals surface area contributed by atoms with Crippen molar-refractivity contribution in [2.75, 3.05) is 20.2 Å². The molecule has 0 saturated heterocycles. The van der Waals surface area contributed by atoms with Crippen molar-refractivity contribution in [3.05, 3.63) is 77.6 Å². The van der Waals surface area contributed by atoms with Crippen LogP contribution in [0.15, 0.2) is 60.9 Å². The van der Waals surface area contributed by atoms with Gasteiger partial charge in [0.05, 0.1) is 13.0 Å². The number of fused-ring (bicyclic) bond motifs is 3. The number of carbonyl (C=O) groups excluding carboxylic acids is 1. The molecule has 0 bridgehead atoms. The Hall–Kier alpha value is -3.31. The van der Waals surface area contributed by atoms with Gasteiger partial charge < -0.3 is 14.7 Å². The highest BCUT2D eigenvalue weighted by atomic mass is 16.5. The molecule has 2 atom stereocenters. The summed E-state index contributed by atoms with van der Waals surface area (Å²) >= 11 is 0. The highest BCUT2D eigenvalue weighted by molar-refractivity contribution is 5.98. The molecule has 5 heteroatoms. The second-order valence-electron chi connectivity index (χ2n) is 8.80. The monoisotopic (exact) mass is 411 g/mol. The number of aromatic nitrogens is 2. The third kappa shape index (κ3) is 3.08. The van der Waals surface area contributed by atoms with Crippen molar-refractivity contribution in [3.63, 3.8) is 0 Å². The predicted molar refractivity (Wildman–Crippen MR) is 123 cm³/mol. The van der Waals surface area contributed by atoms with Gasteiger partial charge in [-0.3, -0.25) is 9.69 Å². The molecule has 0 saturated carbocycles. The summed E-state index contributed by atoms with van der Waals surface area (Å²) in [4.78, 5) is 21.6. The number of hydrogen-bond donors (Lipinski definition) is 2. The highest BCUT2D eigenvalue weighted by Gasteiger charge is 2.33. The first-order chi connectivity index (χ1) is 15.2. The molecule has 3 heterocycles. The quantitative estimate of drug-likeness (QED) is 0.492. The Kier molecular flexibility index (Phi) is 4.25. The van der Waals surface area contributed by atoms with Crippen molar-refractivity contribution >= 4 is 33.3 Å². The van der Waals surface area contributed by atoms with Gasteiger partial charge >= 0.3 is 5.97 Å². The highest BCUT2D eigenvalue weighted by Crippen LogP contribution is 2.40. The fourth-order valence-corrected chi connectivity index (χ4v) is 5.34. The van der Waals surface area contributed by atoms with Crippen LogP contribution in [0.3, 0.4) is 0 Å². The average molecular weight is 412 g/mol. The van der Waals surface area contributed by atoms with Gasteiger partial charge in [-0.05, 0) is 47.9 Å². The van der Waals surface area contributed by atoms with Crippen LogP contribution in [0.2, 0.25) is 0 Å². The van der Waals surface area contributed by atoms with Crippen LogP contribution in [0.1, 0.15) is 16.7 Å². The van der Waals surface area contributed by atoms with E-state index in [9.17, 15) is 4.79 Å². The van der Waals surface area contributed by atoms with Crippen LogP contribution >= 0.6 is 0 Å². The lowest BCUT2D eigenvalue weighted by molar-refractivity contribution is -0.143. The molecule has 1 aliphatic heterocycles. The van der Waals surface area contributed by atoms with E-state index >= 15 is 0 Å². The van der Waals surface area contributed by atoms with Crippen molar-refractivity contribution in [2.24, 2.45) is 5.92 Å². The van der Waals surface area contributed by atoms with Gasteiger partial charge in [-0.2, -0.15) is 0 Å². The number of aromatic amines is 2. The Morgan fingerprint density at radius 1 is 1.10 bits per heavy atom. The number of nitrogens with zero attached hydrogens (tertiary/aromatic N) is 1. The van der Waals surface area contributed by atoms with E-state index < -0.39 is 0 Å². The first-order valence-electron chi connectivity index (χ1n) is 10.9. The molecule has 0 spiro atoms. The van der Waals surface area contributed by atoms with E-state index in [4.69, 9.17) is 4.74 Å². The topological polar surface area (TPSA) is 61.1 Å². The standard InChI is InChI=1S/C26H25N3O2/c1-29-14-16(15-31-25(30)11-17-12-27-22-7-3-2-5-19(17)22)9-21-20-6-4-8-23-26(20)18(13-28-23)10-24(21)29/h2-9,12-13,16,24,27-28H,10-11,14-15H2,1H3. The number of nitrogens with one attached hydrogen (secondary N) is 2. The molecule has 2 aromatic heterocycles. The minimum atomic E-state index is -0.174. The SMILES string of the molecule is CN1CC(COC(=O)Cc2c[nH]c3ccccc23)C=C2c3cccc4[nH]cc(c34)CC21. The van der Waals surface area contributed by atoms with Gasteiger partial charge in [0.15, 0.2) is 0 Å². The molecule has 0 fully saturated rings. The molecule has 2 aliphatic rings. The lowest BCUT2D eigenvalue weighted by Crippen LogP contribution is -2.43. The number of esters is 1. The first kappa shape index (κ1) is 18.5. The zero-order valence-electron chi connectivity index (χ0n) is 17.5.